The van der Waals surface area contributed by atoms with Crippen LogP contribution in [-0.2, 0) is 5.41 Å². The fourth-order valence-corrected chi connectivity index (χ4v) is 2.93. The Kier molecular flexibility index (Phi) is 4.47. The van der Waals surface area contributed by atoms with E-state index in [1.165, 1.54) is 11.6 Å². The molecule has 0 saturated carbocycles. The van der Waals surface area contributed by atoms with Crippen LogP contribution in [0.1, 0.15) is 54.8 Å². The Hall–Kier alpha value is -1.68. The van der Waals surface area contributed by atoms with E-state index in [1.807, 2.05) is 6.92 Å². The van der Waals surface area contributed by atoms with Crippen LogP contribution in [0.25, 0.3) is 0 Å². The van der Waals surface area contributed by atoms with Crippen LogP contribution < -0.4 is 0 Å². The first-order chi connectivity index (χ1) is 9.77. The zero-order valence-corrected chi connectivity index (χ0v) is 13.5. The Bertz CT molecular complexity index is 620. The van der Waals surface area contributed by atoms with E-state index >= 15 is 0 Å². The third-order valence-electron chi connectivity index (χ3n) is 3.27. The molecule has 1 aromatic heterocycles. The topological polar surface area (TPSA) is 50.4 Å². The largest absolute Gasteiger partial charge is 0.475 e. The second kappa shape index (κ2) is 5.98. The molecule has 0 saturated heterocycles. The minimum absolute atomic E-state index is 0.0134. The van der Waals surface area contributed by atoms with Crippen LogP contribution in [-0.4, -0.2) is 11.1 Å². The van der Waals surface area contributed by atoms with Crippen molar-refractivity contribution in [2.45, 2.75) is 43.3 Å². The average molecular weight is 304 g/mol. The Morgan fingerprint density at radius 2 is 1.76 bits per heavy atom. The van der Waals surface area contributed by atoms with E-state index in [-0.39, 0.29) is 16.4 Å². The maximum absolute atomic E-state index is 10.8. The maximum Gasteiger partial charge on any atom is 0.371 e. The lowest BCUT2D eigenvalue weighted by molar-refractivity contribution is 0.0660. The molecule has 112 valence electrons. The maximum atomic E-state index is 10.8. The lowest BCUT2D eigenvalue weighted by Crippen LogP contribution is -2.10. The summed E-state index contributed by atoms with van der Waals surface area (Å²) in [6.07, 6.45) is 0. The molecule has 1 atom stereocenters. The molecule has 1 heterocycles. The van der Waals surface area contributed by atoms with Crippen LogP contribution >= 0.6 is 11.8 Å². The van der Waals surface area contributed by atoms with E-state index in [0.717, 1.165) is 4.90 Å². The van der Waals surface area contributed by atoms with Crippen molar-refractivity contribution in [2.24, 2.45) is 0 Å². The molecule has 0 spiro atoms. The standard InChI is InChI=1S/C17H20O3S/c1-11(14-9-10-15(20-14)16(18)19)21-13-7-5-12(6-8-13)17(2,3)4/h5-11H,1-4H3,(H,18,19). The molecule has 0 bridgehead atoms. The van der Waals surface area contributed by atoms with Gasteiger partial charge in [0.1, 0.15) is 5.76 Å². The summed E-state index contributed by atoms with van der Waals surface area (Å²) in [5.74, 6) is -0.370. The van der Waals surface area contributed by atoms with Crippen molar-refractivity contribution in [2.75, 3.05) is 0 Å². The molecule has 0 radical (unpaired) electrons. The Morgan fingerprint density at radius 3 is 2.24 bits per heavy atom. The van der Waals surface area contributed by atoms with Crippen molar-refractivity contribution in [1.82, 2.24) is 0 Å². The van der Waals surface area contributed by atoms with Crippen molar-refractivity contribution in [3.05, 3.63) is 53.5 Å². The molecule has 21 heavy (non-hydrogen) atoms. The first-order valence-electron chi connectivity index (χ1n) is 6.87. The van der Waals surface area contributed by atoms with Crippen LogP contribution in [0.5, 0.6) is 0 Å². The molecule has 1 N–H and O–H groups in total. The molecule has 0 fully saturated rings. The van der Waals surface area contributed by atoms with E-state index in [0.29, 0.717) is 5.76 Å². The van der Waals surface area contributed by atoms with Gasteiger partial charge in [-0.05, 0) is 42.2 Å². The van der Waals surface area contributed by atoms with Crippen molar-refractivity contribution in [3.8, 4) is 0 Å². The fourth-order valence-electron chi connectivity index (χ4n) is 1.98. The quantitative estimate of drug-likeness (QED) is 0.796. The predicted molar refractivity (Wildman–Crippen MR) is 85.1 cm³/mol. The summed E-state index contributed by atoms with van der Waals surface area (Å²) in [6, 6.07) is 11.7. The van der Waals surface area contributed by atoms with Crippen molar-refractivity contribution in [1.29, 1.82) is 0 Å². The third-order valence-corrected chi connectivity index (χ3v) is 4.40. The number of furan rings is 1. The first kappa shape index (κ1) is 15.7. The van der Waals surface area contributed by atoms with E-state index < -0.39 is 5.97 Å². The lowest BCUT2D eigenvalue weighted by Gasteiger charge is -2.19. The fraction of sp³-hybridized carbons (Fsp3) is 0.353. The van der Waals surface area contributed by atoms with Crippen LogP contribution in [0, 0.1) is 0 Å². The summed E-state index contributed by atoms with van der Waals surface area (Å²) >= 11 is 1.65. The number of aromatic carboxylic acids is 1. The molecule has 1 aromatic carbocycles. The molecule has 0 aliphatic carbocycles. The minimum atomic E-state index is -1.03. The Labute approximate surface area is 129 Å². The molecule has 0 aliphatic heterocycles. The molecular formula is C17H20O3S. The van der Waals surface area contributed by atoms with E-state index in [9.17, 15) is 4.79 Å². The van der Waals surface area contributed by atoms with Gasteiger partial charge in [0.25, 0.3) is 0 Å². The third kappa shape index (κ3) is 3.91. The number of thioether (sulfide) groups is 1. The van der Waals surface area contributed by atoms with Gasteiger partial charge in [-0.25, -0.2) is 4.79 Å². The van der Waals surface area contributed by atoms with Crippen molar-refractivity contribution in [3.63, 3.8) is 0 Å². The number of hydrogen-bond donors (Lipinski definition) is 1. The van der Waals surface area contributed by atoms with Gasteiger partial charge in [0.15, 0.2) is 0 Å². The van der Waals surface area contributed by atoms with E-state index in [4.69, 9.17) is 9.52 Å². The highest BCUT2D eigenvalue weighted by atomic mass is 32.2. The summed E-state index contributed by atoms with van der Waals surface area (Å²) in [5, 5.41) is 8.94. The number of carboxylic acid groups (broad SMARTS) is 1. The van der Waals surface area contributed by atoms with Gasteiger partial charge >= 0.3 is 5.97 Å². The first-order valence-corrected chi connectivity index (χ1v) is 7.75. The summed E-state index contributed by atoms with van der Waals surface area (Å²) in [5.41, 5.74) is 1.44. The molecule has 2 aromatic rings. The van der Waals surface area contributed by atoms with Gasteiger partial charge in [-0.3, -0.25) is 0 Å². The SMILES string of the molecule is CC(Sc1ccc(C(C)(C)C)cc1)c1ccc(C(=O)O)o1. The summed E-state index contributed by atoms with van der Waals surface area (Å²) < 4.78 is 5.34. The molecular weight excluding hydrogens is 284 g/mol. The highest BCUT2D eigenvalue weighted by Gasteiger charge is 2.16. The van der Waals surface area contributed by atoms with Crippen LogP contribution in [0.2, 0.25) is 0 Å². The average Bonchev–Trinajstić information content (AvgIpc) is 2.88. The molecule has 0 amide bonds. The van der Waals surface area contributed by atoms with E-state index in [2.05, 4.69) is 45.0 Å². The summed E-state index contributed by atoms with van der Waals surface area (Å²) in [7, 11) is 0. The van der Waals surface area contributed by atoms with Crippen molar-refractivity contribution < 1.29 is 14.3 Å². The number of hydrogen-bond acceptors (Lipinski definition) is 3. The van der Waals surface area contributed by atoms with Crippen LogP contribution in [0.15, 0.2) is 45.7 Å². The van der Waals surface area contributed by atoms with Gasteiger partial charge in [0.2, 0.25) is 5.76 Å². The normalized spacial score (nSPS) is 13.1. The zero-order valence-electron chi connectivity index (χ0n) is 12.7. The Morgan fingerprint density at radius 1 is 1.14 bits per heavy atom. The number of carbonyl (C=O) groups is 1. The molecule has 2 rings (SSSR count). The smallest absolute Gasteiger partial charge is 0.371 e. The molecule has 3 nitrogen and oxygen atoms in total. The van der Waals surface area contributed by atoms with Gasteiger partial charge in [-0.2, -0.15) is 0 Å². The minimum Gasteiger partial charge on any atom is -0.475 e. The molecule has 1 unspecified atom stereocenters. The number of benzene rings is 1. The number of rotatable bonds is 4. The zero-order chi connectivity index (χ0) is 15.6. The monoisotopic (exact) mass is 304 g/mol. The van der Waals surface area contributed by atoms with Crippen LogP contribution in [0.4, 0.5) is 0 Å². The highest BCUT2D eigenvalue weighted by Crippen LogP contribution is 2.36. The van der Waals surface area contributed by atoms with Gasteiger partial charge < -0.3 is 9.52 Å². The lowest BCUT2D eigenvalue weighted by atomic mass is 9.87. The molecule has 4 heteroatoms. The summed E-state index contributed by atoms with van der Waals surface area (Å²) in [6.45, 7) is 8.57. The van der Waals surface area contributed by atoms with Crippen molar-refractivity contribution >= 4 is 17.7 Å². The Balaban J connectivity index is 2.08. The predicted octanol–water partition coefficient (Wildman–Crippen LogP) is 5.13. The second-order valence-electron chi connectivity index (χ2n) is 6.04. The van der Waals surface area contributed by atoms with E-state index in [1.54, 1.807) is 17.8 Å². The van der Waals surface area contributed by atoms with Gasteiger partial charge in [0, 0.05) is 4.90 Å². The van der Waals surface area contributed by atoms with Gasteiger partial charge in [-0.15, -0.1) is 11.8 Å². The molecule has 0 aliphatic rings. The summed E-state index contributed by atoms with van der Waals surface area (Å²) in [4.78, 5) is 12.0. The number of carboxylic acids is 1. The van der Waals surface area contributed by atoms with Gasteiger partial charge in [-0.1, -0.05) is 32.9 Å². The second-order valence-corrected chi connectivity index (χ2v) is 7.46. The highest BCUT2D eigenvalue weighted by molar-refractivity contribution is 7.99. The van der Waals surface area contributed by atoms with Gasteiger partial charge in [0.05, 0.1) is 5.25 Å². The van der Waals surface area contributed by atoms with Crippen LogP contribution in [0.3, 0.4) is 0 Å².